The van der Waals surface area contributed by atoms with E-state index in [0.29, 0.717) is 16.9 Å². The maximum Gasteiger partial charge on any atom is 0.274 e. The summed E-state index contributed by atoms with van der Waals surface area (Å²) >= 11 is 0. The van der Waals surface area contributed by atoms with E-state index in [0.717, 1.165) is 38.2 Å². The Bertz CT molecular complexity index is 874. The number of carbonyl (C=O) groups is 1. The second-order valence-corrected chi connectivity index (χ2v) is 6.81. The number of amidine groups is 1. The molecule has 1 aromatic carbocycles. The highest BCUT2D eigenvalue weighted by molar-refractivity contribution is 6.05. The van der Waals surface area contributed by atoms with Crippen LogP contribution in [0.5, 0.6) is 0 Å². The first-order valence-corrected chi connectivity index (χ1v) is 9.11. The molecule has 2 aromatic rings. The van der Waals surface area contributed by atoms with Crippen molar-refractivity contribution in [3.05, 3.63) is 53.9 Å². The molecule has 0 spiro atoms. The second-order valence-electron chi connectivity index (χ2n) is 6.81. The molecule has 28 heavy (non-hydrogen) atoms. The van der Waals surface area contributed by atoms with E-state index < -0.39 is 0 Å². The van der Waals surface area contributed by atoms with Crippen LogP contribution in [-0.4, -0.2) is 73.1 Å². The highest BCUT2D eigenvalue weighted by atomic mass is 16.1. The summed E-state index contributed by atoms with van der Waals surface area (Å²) in [6.07, 6.45) is 2.73. The van der Waals surface area contributed by atoms with Gasteiger partial charge in [-0.25, -0.2) is 0 Å². The molecular formula is C20H25N7O. The predicted octanol–water partition coefficient (Wildman–Crippen LogP) is 1.95. The molecule has 1 amide bonds. The SMILES string of the molecule is CN1CCN(c2ccnc(C(=O)Nc3cccc(C(=N)N(C)C=N)c3)c2)CC1. The minimum atomic E-state index is -0.292. The summed E-state index contributed by atoms with van der Waals surface area (Å²) in [5.41, 5.74) is 2.55. The number of hydrogen-bond acceptors (Lipinski definition) is 6. The molecule has 146 valence electrons. The molecule has 2 heterocycles. The van der Waals surface area contributed by atoms with Gasteiger partial charge in [-0.15, -0.1) is 0 Å². The minimum absolute atomic E-state index is 0.182. The molecule has 3 N–H and O–H groups in total. The Morgan fingerprint density at radius 2 is 1.96 bits per heavy atom. The number of piperazine rings is 1. The summed E-state index contributed by atoms with van der Waals surface area (Å²) in [6, 6.07) is 10.8. The molecule has 1 fully saturated rings. The summed E-state index contributed by atoms with van der Waals surface area (Å²) in [6.45, 7) is 3.83. The average molecular weight is 379 g/mol. The number of benzene rings is 1. The van der Waals surface area contributed by atoms with E-state index in [2.05, 4.69) is 27.1 Å². The van der Waals surface area contributed by atoms with Crippen LogP contribution in [0, 0.1) is 10.8 Å². The number of nitrogens with one attached hydrogen (secondary N) is 3. The van der Waals surface area contributed by atoms with E-state index in [4.69, 9.17) is 10.8 Å². The van der Waals surface area contributed by atoms with E-state index in [9.17, 15) is 4.79 Å². The maximum absolute atomic E-state index is 12.7. The number of pyridine rings is 1. The first-order chi connectivity index (χ1) is 13.5. The number of carbonyl (C=O) groups excluding carboxylic acids is 1. The standard InChI is InChI=1S/C20H25N7O/c1-25-8-10-27(11-9-25)17-6-7-23-18(13-17)20(28)24-16-5-3-4-15(12-16)19(22)26(2)14-21/h3-7,12-14,21-22H,8-11H2,1-2H3,(H,24,28). The Balaban J connectivity index is 1.72. The molecule has 0 bridgehead atoms. The second kappa shape index (κ2) is 8.62. The quantitative estimate of drug-likeness (QED) is 0.545. The number of amides is 1. The number of hydrogen-bond donors (Lipinski definition) is 3. The number of likely N-dealkylation sites (N-methyl/N-ethyl adjacent to an activating group) is 1. The lowest BCUT2D eigenvalue weighted by atomic mass is 10.1. The number of aromatic nitrogens is 1. The van der Waals surface area contributed by atoms with Gasteiger partial charge in [0.05, 0.1) is 6.34 Å². The molecule has 8 nitrogen and oxygen atoms in total. The zero-order valence-electron chi connectivity index (χ0n) is 16.1. The molecule has 1 aliphatic rings. The van der Waals surface area contributed by atoms with Crippen LogP contribution in [-0.2, 0) is 0 Å². The summed E-state index contributed by atoms with van der Waals surface area (Å²) < 4.78 is 0. The lowest BCUT2D eigenvalue weighted by Crippen LogP contribution is -2.44. The van der Waals surface area contributed by atoms with Crippen LogP contribution in [0.15, 0.2) is 42.6 Å². The predicted molar refractivity (Wildman–Crippen MR) is 112 cm³/mol. The zero-order valence-corrected chi connectivity index (χ0v) is 16.1. The van der Waals surface area contributed by atoms with Crippen LogP contribution in [0.1, 0.15) is 16.1 Å². The van der Waals surface area contributed by atoms with E-state index in [1.807, 2.05) is 12.1 Å². The largest absolute Gasteiger partial charge is 0.369 e. The van der Waals surface area contributed by atoms with E-state index in [1.165, 1.54) is 4.90 Å². The van der Waals surface area contributed by atoms with Crippen molar-refractivity contribution in [2.75, 3.05) is 50.5 Å². The first kappa shape index (κ1) is 19.5. The average Bonchev–Trinajstić information content (AvgIpc) is 2.73. The fourth-order valence-corrected chi connectivity index (χ4v) is 3.01. The van der Waals surface area contributed by atoms with E-state index in [1.54, 1.807) is 37.5 Å². The fourth-order valence-electron chi connectivity index (χ4n) is 3.01. The van der Waals surface area contributed by atoms with Gasteiger partial charge in [0.15, 0.2) is 0 Å². The van der Waals surface area contributed by atoms with Gasteiger partial charge in [0, 0.05) is 56.4 Å². The molecule has 0 unspecified atom stereocenters. The van der Waals surface area contributed by atoms with Crippen LogP contribution in [0.4, 0.5) is 11.4 Å². The van der Waals surface area contributed by atoms with Gasteiger partial charge in [0.1, 0.15) is 11.5 Å². The number of anilines is 2. The molecular weight excluding hydrogens is 354 g/mol. The van der Waals surface area contributed by atoms with E-state index in [-0.39, 0.29) is 11.7 Å². The lowest BCUT2D eigenvalue weighted by molar-refractivity contribution is 0.102. The maximum atomic E-state index is 12.7. The Hall–Kier alpha value is -3.26. The van der Waals surface area contributed by atoms with Gasteiger partial charge in [-0.3, -0.25) is 20.6 Å². The topological polar surface area (TPSA) is 99.4 Å². The van der Waals surface area contributed by atoms with Crippen LogP contribution in [0.2, 0.25) is 0 Å². The number of rotatable bonds is 5. The third-order valence-corrected chi connectivity index (χ3v) is 4.78. The minimum Gasteiger partial charge on any atom is -0.369 e. The fraction of sp³-hybridized carbons (Fsp3) is 0.300. The monoisotopic (exact) mass is 379 g/mol. The Morgan fingerprint density at radius 1 is 1.21 bits per heavy atom. The van der Waals surface area contributed by atoms with Crippen molar-refractivity contribution in [2.24, 2.45) is 0 Å². The van der Waals surface area contributed by atoms with Crippen LogP contribution >= 0.6 is 0 Å². The zero-order chi connectivity index (χ0) is 20.1. The van der Waals surface area contributed by atoms with Gasteiger partial charge in [-0.2, -0.15) is 0 Å². The van der Waals surface area contributed by atoms with Crippen LogP contribution in [0.3, 0.4) is 0 Å². The molecule has 3 rings (SSSR count). The van der Waals surface area contributed by atoms with Crippen molar-refractivity contribution in [1.82, 2.24) is 14.8 Å². The van der Waals surface area contributed by atoms with E-state index >= 15 is 0 Å². The van der Waals surface area contributed by atoms with Gasteiger partial charge in [0.25, 0.3) is 5.91 Å². The van der Waals surface area contributed by atoms with Gasteiger partial charge >= 0.3 is 0 Å². The van der Waals surface area contributed by atoms with Crippen molar-refractivity contribution in [3.8, 4) is 0 Å². The third kappa shape index (κ3) is 4.52. The molecule has 8 heteroatoms. The number of nitrogens with zero attached hydrogens (tertiary/aromatic N) is 4. The van der Waals surface area contributed by atoms with Gasteiger partial charge in [0.2, 0.25) is 0 Å². The smallest absolute Gasteiger partial charge is 0.274 e. The lowest BCUT2D eigenvalue weighted by Gasteiger charge is -2.34. The van der Waals surface area contributed by atoms with Gasteiger partial charge < -0.3 is 20.0 Å². The summed E-state index contributed by atoms with van der Waals surface area (Å²) in [5.74, 6) is -0.110. The molecule has 0 atom stereocenters. The third-order valence-electron chi connectivity index (χ3n) is 4.78. The molecule has 0 saturated carbocycles. The molecule has 1 aromatic heterocycles. The van der Waals surface area contributed by atoms with Gasteiger partial charge in [-0.05, 0) is 31.3 Å². The van der Waals surface area contributed by atoms with Crippen molar-refractivity contribution in [2.45, 2.75) is 0 Å². The van der Waals surface area contributed by atoms with Crippen molar-refractivity contribution >= 4 is 29.5 Å². The van der Waals surface area contributed by atoms with Crippen molar-refractivity contribution in [1.29, 1.82) is 10.8 Å². The molecule has 1 aliphatic heterocycles. The van der Waals surface area contributed by atoms with Crippen LogP contribution < -0.4 is 10.2 Å². The molecule has 0 aliphatic carbocycles. The Morgan fingerprint density at radius 3 is 2.68 bits per heavy atom. The summed E-state index contributed by atoms with van der Waals surface area (Å²) in [5, 5.41) is 18.2. The molecule has 0 radical (unpaired) electrons. The normalized spacial score (nSPS) is 14.4. The first-order valence-electron chi connectivity index (χ1n) is 9.11. The van der Waals surface area contributed by atoms with Crippen LogP contribution in [0.25, 0.3) is 0 Å². The van der Waals surface area contributed by atoms with Crippen molar-refractivity contribution < 1.29 is 4.79 Å². The summed E-state index contributed by atoms with van der Waals surface area (Å²) in [7, 11) is 3.74. The molecule has 1 saturated heterocycles. The Kier molecular flexibility index (Phi) is 6.00. The van der Waals surface area contributed by atoms with Crippen molar-refractivity contribution in [3.63, 3.8) is 0 Å². The summed E-state index contributed by atoms with van der Waals surface area (Å²) in [4.78, 5) is 22.8. The highest BCUT2D eigenvalue weighted by Crippen LogP contribution is 2.18. The van der Waals surface area contributed by atoms with Gasteiger partial charge in [-0.1, -0.05) is 12.1 Å². The Labute approximate surface area is 164 Å². The highest BCUT2D eigenvalue weighted by Gasteiger charge is 2.16.